The first-order chi connectivity index (χ1) is 14.1. The zero-order chi connectivity index (χ0) is 22.5. The van der Waals surface area contributed by atoms with Crippen LogP contribution in [-0.4, -0.2) is 40.8 Å². The molecule has 0 bridgehead atoms. The van der Waals surface area contributed by atoms with Gasteiger partial charge in [-0.2, -0.15) is 0 Å². The molecule has 2 rings (SSSR count). The number of nitrogens with one attached hydrogen (secondary N) is 1. The summed E-state index contributed by atoms with van der Waals surface area (Å²) < 4.78 is 36.9. The highest BCUT2D eigenvalue weighted by atomic mass is 32.2. The fourth-order valence-electron chi connectivity index (χ4n) is 3.22. The maximum absolute atomic E-state index is 13.0. The predicted octanol–water partition coefficient (Wildman–Crippen LogP) is 3.18. The highest BCUT2D eigenvalue weighted by Crippen LogP contribution is 2.28. The molecule has 1 N–H and O–H groups in total. The van der Waals surface area contributed by atoms with Crippen LogP contribution in [0.4, 0.5) is 5.69 Å². The topological polar surface area (TPSA) is 84.9 Å². The van der Waals surface area contributed by atoms with E-state index in [1.165, 1.54) is 4.31 Å². The number of methoxy groups -OCH3 is 2. The van der Waals surface area contributed by atoms with E-state index in [0.29, 0.717) is 23.6 Å². The Balaban J connectivity index is 2.27. The number of carbonyl (C=O) groups is 1. The van der Waals surface area contributed by atoms with Crippen molar-refractivity contribution < 1.29 is 22.7 Å². The largest absolute Gasteiger partial charge is 0.493 e. The van der Waals surface area contributed by atoms with E-state index >= 15 is 0 Å². The van der Waals surface area contributed by atoms with Crippen LogP contribution in [0.15, 0.2) is 36.4 Å². The van der Waals surface area contributed by atoms with Gasteiger partial charge < -0.3 is 14.8 Å². The van der Waals surface area contributed by atoms with Crippen LogP contribution < -0.4 is 19.1 Å². The molecule has 1 amide bonds. The quantitative estimate of drug-likeness (QED) is 0.655. The van der Waals surface area contributed by atoms with Gasteiger partial charge in [-0.25, -0.2) is 8.42 Å². The first-order valence-corrected chi connectivity index (χ1v) is 11.5. The van der Waals surface area contributed by atoms with Crippen molar-refractivity contribution in [3.05, 3.63) is 53.1 Å². The number of sulfonamides is 1. The van der Waals surface area contributed by atoms with Gasteiger partial charge in [0.25, 0.3) is 0 Å². The summed E-state index contributed by atoms with van der Waals surface area (Å²) in [5, 5.41) is 2.85. The lowest BCUT2D eigenvalue weighted by Crippen LogP contribution is -2.49. The molecule has 0 saturated heterocycles. The van der Waals surface area contributed by atoms with E-state index in [9.17, 15) is 13.2 Å². The number of benzene rings is 2. The summed E-state index contributed by atoms with van der Waals surface area (Å²) in [6.45, 7) is 5.90. The molecule has 0 fully saturated rings. The third-order valence-electron chi connectivity index (χ3n) is 4.99. The Morgan fingerprint density at radius 1 is 1.03 bits per heavy atom. The molecular formula is C22H30N2O5S. The van der Waals surface area contributed by atoms with Crippen LogP contribution in [0.3, 0.4) is 0 Å². The lowest BCUT2D eigenvalue weighted by Gasteiger charge is -2.30. The highest BCUT2D eigenvalue weighted by Gasteiger charge is 2.31. The summed E-state index contributed by atoms with van der Waals surface area (Å²) >= 11 is 0. The zero-order valence-electron chi connectivity index (χ0n) is 18.4. The van der Waals surface area contributed by atoms with Gasteiger partial charge >= 0.3 is 0 Å². The summed E-state index contributed by atoms with van der Waals surface area (Å²) in [4.78, 5) is 13.0. The Kier molecular flexibility index (Phi) is 7.72. The highest BCUT2D eigenvalue weighted by molar-refractivity contribution is 7.92. The number of carbonyl (C=O) groups excluding carboxylic acids is 1. The molecule has 2 aromatic carbocycles. The van der Waals surface area contributed by atoms with Crippen molar-refractivity contribution in [3.8, 4) is 11.5 Å². The van der Waals surface area contributed by atoms with Gasteiger partial charge in [0.1, 0.15) is 6.04 Å². The van der Waals surface area contributed by atoms with Gasteiger partial charge in [0.2, 0.25) is 15.9 Å². The number of hydrogen-bond donors (Lipinski definition) is 1. The van der Waals surface area contributed by atoms with E-state index in [1.807, 2.05) is 26.0 Å². The summed E-state index contributed by atoms with van der Waals surface area (Å²) in [5.41, 5.74) is 3.31. The molecule has 8 heteroatoms. The molecule has 1 atom stereocenters. The monoisotopic (exact) mass is 434 g/mol. The van der Waals surface area contributed by atoms with Gasteiger partial charge in [0.15, 0.2) is 11.5 Å². The van der Waals surface area contributed by atoms with Crippen molar-refractivity contribution in [2.75, 3.05) is 24.8 Å². The Bertz CT molecular complexity index is 1000. The third-order valence-corrected chi connectivity index (χ3v) is 6.17. The second-order valence-corrected chi connectivity index (χ2v) is 9.02. The fraction of sp³-hybridized carbons (Fsp3) is 0.409. The van der Waals surface area contributed by atoms with Crippen LogP contribution in [0.1, 0.15) is 30.0 Å². The van der Waals surface area contributed by atoms with Gasteiger partial charge in [-0.3, -0.25) is 9.10 Å². The standard InChI is InChI=1S/C22H30N2O5S/c1-7-19(24(30(6,26)27)18-10-8-15(2)16(3)12-18)22(25)23-14-17-9-11-20(28-4)21(13-17)29-5/h8-13,19H,7,14H2,1-6H3,(H,23,25). The molecule has 0 aromatic heterocycles. The molecule has 7 nitrogen and oxygen atoms in total. The number of rotatable bonds is 9. The summed E-state index contributed by atoms with van der Waals surface area (Å²) in [6, 6.07) is 9.88. The van der Waals surface area contributed by atoms with E-state index in [1.54, 1.807) is 45.4 Å². The minimum atomic E-state index is -3.67. The Morgan fingerprint density at radius 3 is 2.23 bits per heavy atom. The lowest BCUT2D eigenvalue weighted by molar-refractivity contribution is -0.122. The molecule has 0 aliphatic rings. The third kappa shape index (κ3) is 5.44. The van der Waals surface area contributed by atoms with Crippen LogP contribution in [-0.2, 0) is 21.4 Å². The van der Waals surface area contributed by atoms with Gasteiger partial charge in [-0.1, -0.05) is 19.1 Å². The van der Waals surface area contributed by atoms with Gasteiger partial charge in [-0.05, 0) is 61.2 Å². The summed E-state index contributed by atoms with van der Waals surface area (Å²) in [7, 11) is -0.575. The molecule has 2 aromatic rings. The molecule has 0 radical (unpaired) electrons. The first kappa shape index (κ1) is 23.5. The molecule has 0 saturated carbocycles. The maximum Gasteiger partial charge on any atom is 0.244 e. The average molecular weight is 435 g/mol. The van der Waals surface area contributed by atoms with Crippen LogP contribution in [0.2, 0.25) is 0 Å². The summed E-state index contributed by atoms with van der Waals surface area (Å²) in [6.07, 6.45) is 1.45. The Morgan fingerprint density at radius 2 is 1.70 bits per heavy atom. The van der Waals surface area contributed by atoms with Crippen molar-refractivity contribution >= 4 is 21.6 Å². The number of nitrogens with zero attached hydrogens (tertiary/aromatic N) is 1. The van der Waals surface area contributed by atoms with E-state index in [-0.39, 0.29) is 12.5 Å². The van der Waals surface area contributed by atoms with Gasteiger partial charge in [0, 0.05) is 6.54 Å². The van der Waals surface area contributed by atoms with Gasteiger partial charge in [0.05, 0.1) is 26.2 Å². The molecule has 0 spiro atoms. The number of aryl methyl sites for hydroxylation is 2. The van der Waals surface area contributed by atoms with E-state index < -0.39 is 16.1 Å². The number of anilines is 1. The minimum absolute atomic E-state index is 0.236. The van der Waals surface area contributed by atoms with Crippen molar-refractivity contribution in [3.63, 3.8) is 0 Å². The van der Waals surface area contributed by atoms with Gasteiger partial charge in [-0.15, -0.1) is 0 Å². The van der Waals surface area contributed by atoms with Crippen LogP contribution in [0.5, 0.6) is 11.5 Å². The second-order valence-electron chi connectivity index (χ2n) is 7.16. The van der Waals surface area contributed by atoms with Crippen LogP contribution >= 0.6 is 0 Å². The average Bonchev–Trinajstić information content (AvgIpc) is 2.71. The lowest BCUT2D eigenvalue weighted by atomic mass is 10.1. The van der Waals surface area contributed by atoms with Crippen molar-refractivity contribution in [2.24, 2.45) is 0 Å². The normalized spacial score (nSPS) is 12.2. The second kappa shape index (κ2) is 9.84. The van der Waals surface area contributed by atoms with E-state index in [2.05, 4.69) is 5.32 Å². The minimum Gasteiger partial charge on any atom is -0.493 e. The number of ether oxygens (including phenoxy) is 2. The molecule has 0 heterocycles. The number of amides is 1. The predicted molar refractivity (Wildman–Crippen MR) is 119 cm³/mol. The van der Waals surface area contributed by atoms with Crippen LogP contribution in [0, 0.1) is 13.8 Å². The smallest absolute Gasteiger partial charge is 0.244 e. The molecular weight excluding hydrogens is 404 g/mol. The number of hydrogen-bond acceptors (Lipinski definition) is 5. The van der Waals surface area contributed by atoms with Crippen molar-refractivity contribution in [1.82, 2.24) is 5.32 Å². The van der Waals surface area contributed by atoms with Crippen molar-refractivity contribution in [2.45, 2.75) is 39.8 Å². The maximum atomic E-state index is 13.0. The molecule has 1 unspecified atom stereocenters. The SMILES string of the molecule is CCC(C(=O)NCc1ccc(OC)c(OC)c1)N(c1ccc(C)c(C)c1)S(C)(=O)=O. The summed E-state index contributed by atoms with van der Waals surface area (Å²) in [5.74, 6) is 0.789. The zero-order valence-corrected chi connectivity index (χ0v) is 19.2. The van der Waals surface area contributed by atoms with Crippen LogP contribution in [0.25, 0.3) is 0 Å². The Labute approximate surface area is 179 Å². The van der Waals surface area contributed by atoms with E-state index in [4.69, 9.17) is 9.47 Å². The fourth-order valence-corrected chi connectivity index (χ4v) is 4.42. The van der Waals surface area contributed by atoms with E-state index in [0.717, 1.165) is 22.9 Å². The molecule has 164 valence electrons. The molecule has 0 aliphatic heterocycles. The Hall–Kier alpha value is -2.74. The molecule has 30 heavy (non-hydrogen) atoms. The first-order valence-electron chi connectivity index (χ1n) is 9.67. The van der Waals surface area contributed by atoms with Crippen molar-refractivity contribution in [1.29, 1.82) is 0 Å². The molecule has 0 aliphatic carbocycles.